The molecule has 0 saturated heterocycles. The Labute approximate surface area is 123 Å². The Balaban J connectivity index is 2.10. The van der Waals surface area contributed by atoms with E-state index in [0.717, 1.165) is 11.1 Å². The molecule has 0 aliphatic carbocycles. The van der Waals surface area contributed by atoms with Gasteiger partial charge in [0.1, 0.15) is 0 Å². The van der Waals surface area contributed by atoms with E-state index in [1.54, 1.807) is 16.8 Å². The van der Waals surface area contributed by atoms with Gasteiger partial charge in [0.15, 0.2) is 0 Å². The number of hydrogen-bond donors (Lipinski definition) is 2. The summed E-state index contributed by atoms with van der Waals surface area (Å²) < 4.78 is 1.55. The van der Waals surface area contributed by atoms with Crippen molar-refractivity contribution in [2.75, 3.05) is 5.32 Å². The summed E-state index contributed by atoms with van der Waals surface area (Å²) in [6.45, 7) is 2.85. The summed E-state index contributed by atoms with van der Waals surface area (Å²) in [5.74, 6) is -0.128. The zero-order valence-electron chi connectivity index (χ0n) is 12.0. The molecule has 110 valence electrons. The second-order valence-corrected chi connectivity index (χ2v) is 4.74. The van der Waals surface area contributed by atoms with E-state index < -0.39 is 0 Å². The van der Waals surface area contributed by atoms with Crippen molar-refractivity contribution in [3.63, 3.8) is 0 Å². The fourth-order valence-electron chi connectivity index (χ4n) is 2.16. The Morgan fingerprint density at radius 3 is 2.57 bits per heavy atom. The molecule has 0 aliphatic heterocycles. The molecule has 0 atom stereocenters. The van der Waals surface area contributed by atoms with Gasteiger partial charge in [0, 0.05) is 25.4 Å². The molecule has 2 aromatic rings. The number of amides is 1. The molecule has 3 N–H and O–H groups in total. The standard InChI is InChI=1S/C16H19N3O2/c1-2-19-11-14(7-8-16(19)21)18-15(20)9-12-5-3-4-6-13(12)10-17/h3-8,11H,2,9-10,17H2,1H3,(H,18,20). The fraction of sp³-hybridized carbons (Fsp3) is 0.250. The number of pyridine rings is 1. The van der Waals surface area contributed by atoms with Gasteiger partial charge in [0.05, 0.1) is 12.1 Å². The zero-order chi connectivity index (χ0) is 15.2. The highest BCUT2D eigenvalue weighted by Gasteiger charge is 2.08. The maximum Gasteiger partial charge on any atom is 0.250 e. The number of aryl methyl sites for hydroxylation is 1. The van der Waals surface area contributed by atoms with Gasteiger partial charge in [-0.05, 0) is 24.1 Å². The number of hydrogen-bond acceptors (Lipinski definition) is 3. The molecular weight excluding hydrogens is 266 g/mol. The third-order valence-corrected chi connectivity index (χ3v) is 3.30. The average Bonchev–Trinajstić information content (AvgIpc) is 2.49. The van der Waals surface area contributed by atoms with Crippen molar-refractivity contribution in [1.29, 1.82) is 0 Å². The number of anilines is 1. The van der Waals surface area contributed by atoms with Crippen LogP contribution in [-0.2, 0) is 24.3 Å². The monoisotopic (exact) mass is 285 g/mol. The maximum absolute atomic E-state index is 12.1. The molecule has 0 saturated carbocycles. The summed E-state index contributed by atoms with van der Waals surface area (Å²) in [6.07, 6.45) is 1.91. The summed E-state index contributed by atoms with van der Waals surface area (Å²) >= 11 is 0. The molecule has 0 unspecified atom stereocenters. The molecule has 1 aromatic carbocycles. The summed E-state index contributed by atoms with van der Waals surface area (Å²) in [7, 11) is 0. The van der Waals surface area contributed by atoms with Crippen molar-refractivity contribution in [3.05, 3.63) is 64.1 Å². The average molecular weight is 285 g/mol. The van der Waals surface area contributed by atoms with E-state index >= 15 is 0 Å². The predicted molar refractivity (Wildman–Crippen MR) is 83.0 cm³/mol. The Hall–Kier alpha value is -2.40. The third-order valence-electron chi connectivity index (χ3n) is 3.30. The second-order valence-electron chi connectivity index (χ2n) is 4.74. The van der Waals surface area contributed by atoms with Crippen molar-refractivity contribution >= 4 is 11.6 Å². The lowest BCUT2D eigenvalue weighted by atomic mass is 10.0. The van der Waals surface area contributed by atoms with Gasteiger partial charge in [-0.3, -0.25) is 9.59 Å². The van der Waals surface area contributed by atoms with Gasteiger partial charge in [-0.25, -0.2) is 0 Å². The topological polar surface area (TPSA) is 77.1 Å². The first-order valence-corrected chi connectivity index (χ1v) is 6.91. The normalized spacial score (nSPS) is 10.4. The lowest BCUT2D eigenvalue weighted by molar-refractivity contribution is -0.115. The first-order chi connectivity index (χ1) is 10.1. The maximum atomic E-state index is 12.1. The van der Waals surface area contributed by atoms with Crippen LogP contribution in [0.2, 0.25) is 0 Å². The number of benzene rings is 1. The lowest BCUT2D eigenvalue weighted by Gasteiger charge is -2.10. The molecule has 1 amide bonds. The molecular formula is C16H19N3O2. The molecule has 21 heavy (non-hydrogen) atoms. The van der Waals surface area contributed by atoms with E-state index in [-0.39, 0.29) is 17.9 Å². The van der Waals surface area contributed by atoms with Crippen molar-refractivity contribution in [1.82, 2.24) is 4.57 Å². The van der Waals surface area contributed by atoms with E-state index in [9.17, 15) is 9.59 Å². The number of aromatic nitrogens is 1. The van der Waals surface area contributed by atoms with Crippen molar-refractivity contribution < 1.29 is 4.79 Å². The van der Waals surface area contributed by atoms with Crippen molar-refractivity contribution in [2.24, 2.45) is 5.73 Å². The molecule has 0 bridgehead atoms. The molecule has 0 radical (unpaired) electrons. The number of rotatable bonds is 5. The van der Waals surface area contributed by atoms with Crippen LogP contribution in [-0.4, -0.2) is 10.5 Å². The quantitative estimate of drug-likeness (QED) is 0.874. The Kier molecular flexibility index (Phi) is 4.90. The van der Waals surface area contributed by atoms with E-state index in [2.05, 4.69) is 5.32 Å². The predicted octanol–water partition coefficient (Wildman–Crippen LogP) is 1.51. The van der Waals surface area contributed by atoms with Crippen molar-refractivity contribution in [2.45, 2.75) is 26.4 Å². The first kappa shape index (κ1) is 15.0. The minimum atomic E-state index is -0.128. The van der Waals surface area contributed by atoms with Gasteiger partial charge in [-0.15, -0.1) is 0 Å². The smallest absolute Gasteiger partial charge is 0.250 e. The molecule has 0 spiro atoms. The lowest BCUT2D eigenvalue weighted by Crippen LogP contribution is -2.21. The second kappa shape index (κ2) is 6.85. The van der Waals surface area contributed by atoms with Crippen LogP contribution in [0.3, 0.4) is 0 Å². The Morgan fingerprint density at radius 2 is 1.90 bits per heavy atom. The molecule has 1 heterocycles. The summed E-state index contributed by atoms with van der Waals surface area (Å²) in [6, 6.07) is 10.7. The largest absolute Gasteiger partial charge is 0.326 e. The van der Waals surface area contributed by atoms with Crippen LogP contribution < -0.4 is 16.6 Å². The van der Waals surface area contributed by atoms with Crippen molar-refractivity contribution in [3.8, 4) is 0 Å². The number of nitrogens with zero attached hydrogens (tertiary/aromatic N) is 1. The van der Waals surface area contributed by atoms with Gasteiger partial charge < -0.3 is 15.6 Å². The fourth-order valence-corrected chi connectivity index (χ4v) is 2.16. The van der Waals surface area contributed by atoms with Gasteiger partial charge in [-0.1, -0.05) is 24.3 Å². The number of carbonyl (C=O) groups excluding carboxylic acids is 1. The third kappa shape index (κ3) is 3.79. The number of nitrogens with one attached hydrogen (secondary N) is 1. The van der Waals surface area contributed by atoms with Crippen LogP contribution in [0, 0.1) is 0 Å². The minimum absolute atomic E-state index is 0.0797. The van der Waals surface area contributed by atoms with Crippen LogP contribution in [0.4, 0.5) is 5.69 Å². The minimum Gasteiger partial charge on any atom is -0.326 e. The highest BCUT2D eigenvalue weighted by Crippen LogP contribution is 2.10. The highest BCUT2D eigenvalue weighted by atomic mass is 16.1. The van der Waals surface area contributed by atoms with Gasteiger partial charge in [-0.2, -0.15) is 0 Å². The summed E-state index contributed by atoms with van der Waals surface area (Å²) in [5.41, 5.74) is 8.08. The van der Waals surface area contributed by atoms with Gasteiger partial charge >= 0.3 is 0 Å². The Bertz CT molecular complexity index is 692. The van der Waals surface area contributed by atoms with Crippen LogP contribution in [0.5, 0.6) is 0 Å². The van der Waals surface area contributed by atoms with Crippen LogP contribution in [0.1, 0.15) is 18.1 Å². The molecule has 5 heteroatoms. The molecule has 5 nitrogen and oxygen atoms in total. The summed E-state index contributed by atoms with van der Waals surface area (Å²) in [5, 5.41) is 2.80. The van der Waals surface area contributed by atoms with Crippen LogP contribution in [0.25, 0.3) is 0 Å². The van der Waals surface area contributed by atoms with E-state index in [1.807, 2.05) is 31.2 Å². The van der Waals surface area contributed by atoms with Gasteiger partial charge in [0.25, 0.3) is 5.56 Å². The molecule has 1 aromatic heterocycles. The summed E-state index contributed by atoms with van der Waals surface area (Å²) in [4.78, 5) is 23.6. The van der Waals surface area contributed by atoms with E-state index in [4.69, 9.17) is 5.73 Å². The zero-order valence-corrected chi connectivity index (χ0v) is 12.0. The Morgan fingerprint density at radius 1 is 1.19 bits per heavy atom. The van der Waals surface area contributed by atoms with Gasteiger partial charge in [0.2, 0.25) is 5.91 Å². The van der Waals surface area contributed by atoms with Crippen LogP contribution in [0.15, 0.2) is 47.4 Å². The SMILES string of the molecule is CCn1cc(NC(=O)Cc2ccccc2CN)ccc1=O. The highest BCUT2D eigenvalue weighted by molar-refractivity contribution is 5.92. The number of nitrogens with two attached hydrogens (primary N) is 1. The van der Waals surface area contributed by atoms with Crippen LogP contribution >= 0.6 is 0 Å². The molecule has 0 fully saturated rings. The number of carbonyl (C=O) groups is 1. The van der Waals surface area contributed by atoms with E-state index in [1.165, 1.54) is 6.07 Å². The first-order valence-electron chi connectivity index (χ1n) is 6.91. The van der Waals surface area contributed by atoms with E-state index in [0.29, 0.717) is 18.8 Å². The molecule has 2 rings (SSSR count). The molecule has 0 aliphatic rings.